The number of hydrogen-bond acceptors (Lipinski definition) is 5. The van der Waals surface area contributed by atoms with Gasteiger partial charge in [0.25, 0.3) is 0 Å². The molecular formula is C29H29N7. The van der Waals surface area contributed by atoms with E-state index in [1.54, 1.807) is 0 Å². The average Bonchev–Trinajstić information content (AvgIpc) is 3.61. The maximum Gasteiger partial charge on any atom is 0.180 e. The molecule has 3 aromatic carbocycles. The third-order valence-electron chi connectivity index (χ3n) is 7.03. The van der Waals surface area contributed by atoms with E-state index in [1.165, 1.54) is 43.2 Å². The van der Waals surface area contributed by atoms with Crippen LogP contribution in [-0.4, -0.2) is 35.4 Å². The van der Waals surface area contributed by atoms with Crippen LogP contribution in [0.15, 0.2) is 78.9 Å². The van der Waals surface area contributed by atoms with Crippen molar-refractivity contribution >= 4 is 0 Å². The first-order valence-corrected chi connectivity index (χ1v) is 12.7. The molecule has 0 unspecified atom stereocenters. The molecule has 1 aliphatic rings. The monoisotopic (exact) mass is 475 g/mol. The van der Waals surface area contributed by atoms with Gasteiger partial charge in [0.05, 0.1) is 6.04 Å². The van der Waals surface area contributed by atoms with Gasteiger partial charge in [-0.05, 0) is 45.5 Å². The average molecular weight is 476 g/mol. The first-order valence-electron chi connectivity index (χ1n) is 12.7. The van der Waals surface area contributed by atoms with E-state index in [1.807, 2.05) is 24.3 Å². The Labute approximate surface area is 210 Å². The molecule has 0 amide bonds. The van der Waals surface area contributed by atoms with Crippen molar-refractivity contribution in [3.8, 4) is 22.5 Å². The van der Waals surface area contributed by atoms with Crippen molar-refractivity contribution in [3.63, 3.8) is 0 Å². The second-order valence-corrected chi connectivity index (χ2v) is 9.51. The molecule has 0 atom stereocenters. The van der Waals surface area contributed by atoms with E-state index in [2.05, 4.69) is 79.9 Å². The zero-order chi connectivity index (χ0) is 24.2. The van der Waals surface area contributed by atoms with Gasteiger partial charge < -0.3 is 0 Å². The molecule has 0 bridgehead atoms. The van der Waals surface area contributed by atoms with Crippen molar-refractivity contribution in [1.29, 1.82) is 0 Å². The van der Waals surface area contributed by atoms with E-state index >= 15 is 0 Å². The second kappa shape index (κ2) is 10.2. The van der Waals surface area contributed by atoms with Gasteiger partial charge in [-0.3, -0.25) is 0 Å². The summed E-state index contributed by atoms with van der Waals surface area (Å²) in [7, 11) is 0. The molecule has 180 valence electrons. The van der Waals surface area contributed by atoms with Gasteiger partial charge in [0, 0.05) is 18.4 Å². The second-order valence-electron chi connectivity index (χ2n) is 9.51. The third-order valence-corrected chi connectivity index (χ3v) is 7.03. The molecule has 1 fully saturated rings. The van der Waals surface area contributed by atoms with Crippen molar-refractivity contribution in [2.75, 3.05) is 0 Å². The lowest BCUT2D eigenvalue weighted by atomic mass is 9.95. The van der Waals surface area contributed by atoms with Gasteiger partial charge in [-0.25, -0.2) is 14.8 Å². The predicted molar refractivity (Wildman–Crippen MR) is 139 cm³/mol. The smallest absolute Gasteiger partial charge is 0.180 e. The molecule has 2 heterocycles. The maximum absolute atomic E-state index is 5.03. The summed E-state index contributed by atoms with van der Waals surface area (Å²) in [6, 6.07) is 27.9. The summed E-state index contributed by atoms with van der Waals surface area (Å²) in [5.41, 5.74) is 5.68. The van der Waals surface area contributed by atoms with Crippen LogP contribution >= 0.6 is 0 Å². The maximum atomic E-state index is 5.03. The SMILES string of the molecule is c1ccc(Cc2nc(Cc3ccc(-c4ccccc4-c4nnn[nH]4)cc3)n(C3CCCCC3)n2)cc1. The molecule has 1 aliphatic carbocycles. The molecule has 0 spiro atoms. The Kier molecular flexibility index (Phi) is 6.35. The summed E-state index contributed by atoms with van der Waals surface area (Å²) < 4.78 is 2.23. The lowest BCUT2D eigenvalue weighted by molar-refractivity contribution is 0.321. The standard InChI is InChI=1S/C29H29N7/c1-3-9-21(10-4-1)19-27-30-28(36(33-27)24-11-5-2-6-12-24)20-22-15-17-23(18-16-22)25-13-7-8-14-26(25)29-31-34-35-32-29/h1,3-4,7-10,13-18,24H,2,5-6,11-12,19-20H2,(H,31,32,34,35). The van der Waals surface area contributed by atoms with Crippen LogP contribution in [0, 0.1) is 0 Å². The summed E-state index contributed by atoms with van der Waals surface area (Å²) >= 11 is 0. The molecule has 6 rings (SSSR count). The van der Waals surface area contributed by atoms with Crippen LogP contribution in [0.3, 0.4) is 0 Å². The first kappa shape index (κ1) is 22.3. The van der Waals surface area contributed by atoms with Crippen molar-refractivity contribution in [1.82, 2.24) is 35.4 Å². The molecule has 0 saturated heterocycles. The van der Waals surface area contributed by atoms with Crippen LogP contribution in [0.25, 0.3) is 22.5 Å². The summed E-state index contributed by atoms with van der Waals surface area (Å²) in [6.45, 7) is 0. The number of hydrogen-bond donors (Lipinski definition) is 1. The van der Waals surface area contributed by atoms with Crippen LogP contribution in [0.4, 0.5) is 0 Å². The number of aromatic nitrogens is 7. The number of tetrazole rings is 1. The molecule has 0 radical (unpaired) electrons. The third kappa shape index (κ3) is 4.82. The van der Waals surface area contributed by atoms with E-state index in [-0.39, 0.29) is 0 Å². The highest BCUT2D eigenvalue weighted by Crippen LogP contribution is 2.31. The van der Waals surface area contributed by atoms with Gasteiger partial charge in [0.1, 0.15) is 5.82 Å². The largest absolute Gasteiger partial charge is 0.246 e. The van der Waals surface area contributed by atoms with Crippen LogP contribution in [0.1, 0.15) is 60.9 Å². The quantitative estimate of drug-likeness (QED) is 0.321. The topological polar surface area (TPSA) is 85.2 Å². The van der Waals surface area contributed by atoms with Crippen molar-refractivity contribution < 1.29 is 0 Å². The lowest BCUT2D eigenvalue weighted by Gasteiger charge is -2.23. The molecule has 0 aliphatic heterocycles. The molecule has 36 heavy (non-hydrogen) atoms. The number of aromatic amines is 1. The highest BCUT2D eigenvalue weighted by molar-refractivity contribution is 5.80. The zero-order valence-corrected chi connectivity index (χ0v) is 20.2. The highest BCUT2D eigenvalue weighted by Gasteiger charge is 2.21. The molecule has 1 saturated carbocycles. The normalized spacial score (nSPS) is 14.2. The Balaban J connectivity index is 1.27. The highest BCUT2D eigenvalue weighted by atomic mass is 15.5. The van der Waals surface area contributed by atoms with Crippen LogP contribution in [0.5, 0.6) is 0 Å². The fourth-order valence-electron chi connectivity index (χ4n) is 5.20. The number of nitrogens with zero attached hydrogens (tertiary/aromatic N) is 6. The Hall–Kier alpha value is -4.13. The number of rotatable bonds is 7. The van der Waals surface area contributed by atoms with Gasteiger partial charge >= 0.3 is 0 Å². The zero-order valence-electron chi connectivity index (χ0n) is 20.2. The number of benzene rings is 3. The Morgan fingerprint density at radius 2 is 1.47 bits per heavy atom. The Morgan fingerprint density at radius 1 is 0.750 bits per heavy atom. The van der Waals surface area contributed by atoms with Crippen molar-refractivity contribution in [2.45, 2.75) is 51.0 Å². The first-order chi connectivity index (χ1) is 17.8. The fourth-order valence-corrected chi connectivity index (χ4v) is 5.20. The molecule has 1 N–H and O–H groups in total. The minimum atomic E-state index is 0.451. The number of H-pyrrole nitrogens is 1. The van der Waals surface area contributed by atoms with Gasteiger partial charge in [0.2, 0.25) is 0 Å². The van der Waals surface area contributed by atoms with Crippen LogP contribution in [-0.2, 0) is 12.8 Å². The minimum absolute atomic E-state index is 0.451. The molecule has 2 aromatic heterocycles. The van der Waals surface area contributed by atoms with E-state index in [0.29, 0.717) is 11.9 Å². The van der Waals surface area contributed by atoms with E-state index in [4.69, 9.17) is 10.1 Å². The van der Waals surface area contributed by atoms with Gasteiger partial charge in [0.15, 0.2) is 11.6 Å². The summed E-state index contributed by atoms with van der Waals surface area (Å²) in [6.07, 6.45) is 7.77. The molecule has 5 aromatic rings. The summed E-state index contributed by atoms with van der Waals surface area (Å²) in [5.74, 6) is 2.64. The Bertz CT molecular complexity index is 1400. The minimum Gasteiger partial charge on any atom is -0.246 e. The van der Waals surface area contributed by atoms with Crippen LogP contribution < -0.4 is 0 Å². The fraction of sp³-hybridized carbons (Fsp3) is 0.276. The summed E-state index contributed by atoms with van der Waals surface area (Å²) in [5, 5.41) is 19.5. The molecular weight excluding hydrogens is 446 g/mol. The van der Waals surface area contributed by atoms with Gasteiger partial charge in [-0.15, -0.1) is 5.10 Å². The van der Waals surface area contributed by atoms with Crippen molar-refractivity contribution in [3.05, 3.63) is 102 Å². The van der Waals surface area contributed by atoms with Crippen LogP contribution in [0.2, 0.25) is 0 Å². The Morgan fingerprint density at radius 3 is 2.22 bits per heavy atom. The van der Waals surface area contributed by atoms with E-state index < -0.39 is 0 Å². The lowest BCUT2D eigenvalue weighted by Crippen LogP contribution is -2.17. The summed E-state index contributed by atoms with van der Waals surface area (Å²) in [4.78, 5) is 5.03. The van der Waals surface area contributed by atoms with E-state index in [0.717, 1.165) is 41.2 Å². The van der Waals surface area contributed by atoms with E-state index in [9.17, 15) is 0 Å². The predicted octanol–water partition coefficient (Wildman–Crippen LogP) is 5.81. The number of nitrogens with one attached hydrogen (secondary N) is 1. The van der Waals surface area contributed by atoms with Gasteiger partial charge in [-0.1, -0.05) is 98.1 Å². The van der Waals surface area contributed by atoms with Gasteiger partial charge in [-0.2, -0.15) is 5.10 Å². The molecule has 7 heteroatoms. The van der Waals surface area contributed by atoms with Crippen molar-refractivity contribution in [2.24, 2.45) is 0 Å². The molecule has 7 nitrogen and oxygen atoms in total.